The van der Waals surface area contributed by atoms with Crippen molar-refractivity contribution in [2.24, 2.45) is 5.92 Å². The van der Waals surface area contributed by atoms with Crippen LogP contribution in [0.1, 0.15) is 46.9 Å². The van der Waals surface area contributed by atoms with E-state index in [4.69, 9.17) is 14.9 Å². The molecule has 0 amide bonds. The smallest absolute Gasteiger partial charge is 0.339 e. The maximum Gasteiger partial charge on any atom is 0.339 e. The van der Waals surface area contributed by atoms with E-state index in [-0.39, 0.29) is 30.3 Å². The van der Waals surface area contributed by atoms with Gasteiger partial charge in [-0.25, -0.2) is 9.59 Å². The molecule has 0 aromatic heterocycles. The Morgan fingerprint density at radius 1 is 1.25 bits per heavy atom. The van der Waals surface area contributed by atoms with E-state index in [0.29, 0.717) is 6.42 Å². The first-order chi connectivity index (χ1) is 9.60. The largest absolute Gasteiger partial charge is 0.478 e. The van der Waals surface area contributed by atoms with Gasteiger partial charge in [0.15, 0.2) is 0 Å². The molecule has 5 nitrogen and oxygen atoms in total. The molecular formula is C15H20O5. The Labute approximate surface area is 118 Å². The molecule has 0 saturated carbocycles. The van der Waals surface area contributed by atoms with E-state index in [9.17, 15) is 9.59 Å². The number of carboxylic acid groups (broad SMARTS) is 1. The quantitative estimate of drug-likeness (QED) is 0.714. The van der Waals surface area contributed by atoms with Gasteiger partial charge in [0.25, 0.3) is 0 Å². The van der Waals surface area contributed by atoms with Crippen LogP contribution < -0.4 is 0 Å². The van der Waals surface area contributed by atoms with Crippen molar-refractivity contribution in [3.05, 3.63) is 35.4 Å². The topological polar surface area (TPSA) is 83.8 Å². The Hall–Kier alpha value is -1.88. The Morgan fingerprint density at radius 2 is 1.90 bits per heavy atom. The van der Waals surface area contributed by atoms with Gasteiger partial charge in [-0.3, -0.25) is 0 Å². The first-order valence-electron chi connectivity index (χ1n) is 6.70. The average Bonchev–Trinajstić information content (AvgIpc) is 2.47. The molecule has 1 aromatic rings. The van der Waals surface area contributed by atoms with Crippen LogP contribution in [0.15, 0.2) is 24.3 Å². The summed E-state index contributed by atoms with van der Waals surface area (Å²) >= 11 is 0. The SMILES string of the molecule is CCC(CCCO)COC(=O)c1ccccc1C(=O)O. The van der Waals surface area contributed by atoms with Crippen molar-refractivity contribution >= 4 is 11.9 Å². The Kier molecular flexibility index (Phi) is 6.73. The molecule has 0 aliphatic heterocycles. The first-order valence-corrected chi connectivity index (χ1v) is 6.70. The predicted octanol–water partition coefficient (Wildman–Crippen LogP) is 2.34. The number of aliphatic hydroxyl groups excluding tert-OH is 1. The lowest BCUT2D eigenvalue weighted by Gasteiger charge is -2.14. The molecule has 0 spiro atoms. The van der Waals surface area contributed by atoms with Crippen molar-refractivity contribution in [1.82, 2.24) is 0 Å². The van der Waals surface area contributed by atoms with Crippen LogP contribution in [0.3, 0.4) is 0 Å². The standard InChI is InChI=1S/C15H20O5/c1-2-11(6-5-9-16)10-20-15(19)13-8-4-3-7-12(13)14(17)18/h3-4,7-8,11,16H,2,5-6,9-10H2,1H3,(H,17,18). The Morgan fingerprint density at radius 3 is 2.45 bits per heavy atom. The maximum atomic E-state index is 11.9. The lowest BCUT2D eigenvalue weighted by Crippen LogP contribution is -2.16. The second-order valence-corrected chi connectivity index (χ2v) is 4.59. The van der Waals surface area contributed by atoms with E-state index < -0.39 is 11.9 Å². The average molecular weight is 280 g/mol. The highest BCUT2D eigenvalue weighted by atomic mass is 16.5. The summed E-state index contributed by atoms with van der Waals surface area (Å²) in [7, 11) is 0. The van der Waals surface area contributed by atoms with Crippen LogP contribution in [0, 0.1) is 5.92 Å². The molecule has 0 heterocycles. The summed E-state index contributed by atoms with van der Waals surface area (Å²) in [5.74, 6) is -1.58. The third kappa shape index (κ3) is 4.66. The number of esters is 1. The van der Waals surface area contributed by atoms with Crippen molar-refractivity contribution in [2.75, 3.05) is 13.2 Å². The highest BCUT2D eigenvalue weighted by molar-refractivity contribution is 6.02. The first kappa shape index (κ1) is 16.2. The Bertz CT molecular complexity index is 455. The van der Waals surface area contributed by atoms with Gasteiger partial charge in [-0.15, -0.1) is 0 Å². The summed E-state index contributed by atoms with van der Waals surface area (Å²) in [6.07, 6.45) is 2.29. The van der Waals surface area contributed by atoms with Gasteiger partial charge in [0.1, 0.15) is 0 Å². The number of hydrogen-bond acceptors (Lipinski definition) is 4. The molecule has 2 N–H and O–H groups in total. The van der Waals surface area contributed by atoms with E-state index >= 15 is 0 Å². The molecule has 1 unspecified atom stereocenters. The molecule has 0 aliphatic carbocycles. The van der Waals surface area contributed by atoms with Crippen molar-refractivity contribution in [3.8, 4) is 0 Å². The summed E-state index contributed by atoms with van der Waals surface area (Å²) in [6.45, 7) is 2.34. The highest BCUT2D eigenvalue weighted by Gasteiger charge is 2.18. The minimum Gasteiger partial charge on any atom is -0.478 e. The third-order valence-electron chi connectivity index (χ3n) is 3.18. The zero-order valence-corrected chi connectivity index (χ0v) is 11.5. The molecule has 1 atom stereocenters. The molecule has 0 fully saturated rings. The fourth-order valence-electron chi connectivity index (χ4n) is 1.90. The van der Waals surface area contributed by atoms with Crippen molar-refractivity contribution in [3.63, 3.8) is 0 Å². The van der Waals surface area contributed by atoms with Crippen molar-refractivity contribution in [1.29, 1.82) is 0 Å². The van der Waals surface area contributed by atoms with Gasteiger partial charge >= 0.3 is 11.9 Å². The van der Waals surface area contributed by atoms with E-state index in [1.165, 1.54) is 12.1 Å². The summed E-state index contributed by atoms with van der Waals surface area (Å²) in [4.78, 5) is 23.0. The lowest BCUT2D eigenvalue weighted by atomic mass is 10.0. The minimum absolute atomic E-state index is 0.0547. The number of ether oxygens (including phenoxy) is 1. The van der Waals surface area contributed by atoms with Crippen LogP contribution in [0.5, 0.6) is 0 Å². The van der Waals surface area contributed by atoms with Crippen LogP contribution in [0.2, 0.25) is 0 Å². The molecular weight excluding hydrogens is 260 g/mol. The number of aliphatic hydroxyl groups is 1. The third-order valence-corrected chi connectivity index (χ3v) is 3.18. The van der Waals surface area contributed by atoms with Gasteiger partial charge in [-0.05, 0) is 30.9 Å². The van der Waals surface area contributed by atoms with E-state index in [2.05, 4.69) is 0 Å². The van der Waals surface area contributed by atoms with E-state index in [1.54, 1.807) is 12.1 Å². The molecule has 0 aliphatic rings. The summed E-state index contributed by atoms with van der Waals surface area (Å²) in [5.41, 5.74) is 0.0120. The number of carboxylic acids is 1. The van der Waals surface area contributed by atoms with E-state index in [1.807, 2.05) is 6.92 Å². The fraction of sp³-hybridized carbons (Fsp3) is 0.467. The van der Waals surface area contributed by atoms with Crippen LogP contribution in [0.25, 0.3) is 0 Å². The number of aromatic carboxylic acids is 1. The fourth-order valence-corrected chi connectivity index (χ4v) is 1.90. The molecule has 1 rings (SSSR count). The van der Waals surface area contributed by atoms with Gasteiger partial charge in [0.2, 0.25) is 0 Å². The van der Waals surface area contributed by atoms with Gasteiger partial charge in [0.05, 0.1) is 17.7 Å². The second-order valence-electron chi connectivity index (χ2n) is 4.59. The van der Waals surface area contributed by atoms with E-state index in [0.717, 1.165) is 12.8 Å². The highest BCUT2D eigenvalue weighted by Crippen LogP contribution is 2.14. The second kappa shape index (κ2) is 8.32. The number of carbonyl (C=O) groups is 2. The molecule has 0 radical (unpaired) electrons. The lowest BCUT2D eigenvalue weighted by molar-refractivity contribution is 0.0417. The van der Waals surface area contributed by atoms with Gasteiger partial charge in [-0.2, -0.15) is 0 Å². The molecule has 5 heteroatoms. The molecule has 0 saturated heterocycles. The Balaban J connectivity index is 2.65. The van der Waals surface area contributed by atoms with Crippen LogP contribution in [-0.4, -0.2) is 35.4 Å². The molecule has 110 valence electrons. The number of hydrogen-bond donors (Lipinski definition) is 2. The van der Waals surface area contributed by atoms with Gasteiger partial charge < -0.3 is 14.9 Å². The predicted molar refractivity (Wildman–Crippen MR) is 73.8 cm³/mol. The summed E-state index contributed by atoms with van der Waals surface area (Å²) < 4.78 is 5.19. The number of rotatable bonds is 8. The normalized spacial score (nSPS) is 11.9. The zero-order chi connectivity index (χ0) is 15.0. The molecule has 20 heavy (non-hydrogen) atoms. The monoisotopic (exact) mass is 280 g/mol. The van der Waals surface area contributed by atoms with Crippen LogP contribution in [-0.2, 0) is 4.74 Å². The number of carbonyl (C=O) groups excluding carboxylic acids is 1. The van der Waals surface area contributed by atoms with Gasteiger partial charge in [0, 0.05) is 6.61 Å². The zero-order valence-electron chi connectivity index (χ0n) is 11.5. The maximum absolute atomic E-state index is 11.9. The van der Waals surface area contributed by atoms with Crippen LogP contribution >= 0.6 is 0 Å². The number of benzene rings is 1. The molecule has 0 bridgehead atoms. The van der Waals surface area contributed by atoms with Crippen LogP contribution in [0.4, 0.5) is 0 Å². The molecule has 1 aromatic carbocycles. The summed E-state index contributed by atoms with van der Waals surface area (Å²) in [5, 5.41) is 17.8. The minimum atomic E-state index is -1.15. The van der Waals surface area contributed by atoms with Crippen molar-refractivity contribution in [2.45, 2.75) is 26.2 Å². The van der Waals surface area contributed by atoms with Crippen molar-refractivity contribution < 1.29 is 24.5 Å². The van der Waals surface area contributed by atoms with Gasteiger partial charge in [-0.1, -0.05) is 25.5 Å². The summed E-state index contributed by atoms with van der Waals surface area (Å²) in [6, 6.07) is 5.99.